The van der Waals surface area contributed by atoms with Crippen LogP contribution in [0.25, 0.3) is 0 Å². The molecular weight excluding hydrogens is 285 g/mol. The first-order valence-electron chi connectivity index (χ1n) is 5.93. The molecule has 0 saturated heterocycles. The fourth-order valence-electron chi connectivity index (χ4n) is 2.05. The number of aryl methyl sites for hydroxylation is 1. The Bertz CT molecular complexity index is 675. The largest absolute Gasteiger partial charge is 0.438 e. The molecule has 0 aromatic carbocycles. The molecule has 0 saturated carbocycles. The molecule has 1 aliphatic heterocycles. The van der Waals surface area contributed by atoms with E-state index >= 15 is 0 Å². The molecule has 2 N–H and O–H groups in total. The molecule has 21 heavy (non-hydrogen) atoms. The molecule has 0 amide bonds. The molecule has 1 aliphatic rings. The van der Waals surface area contributed by atoms with Crippen LogP contribution in [0.3, 0.4) is 0 Å². The third kappa shape index (κ3) is 2.20. The summed E-state index contributed by atoms with van der Waals surface area (Å²) in [7, 11) is 0. The van der Waals surface area contributed by atoms with Gasteiger partial charge in [0.15, 0.2) is 0 Å². The van der Waals surface area contributed by atoms with Gasteiger partial charge in [0.25, 0.3) is 5.66 Å². The first kappa shape index (κ1) is 14.8. The Hall–Kier alpha value is -2.56. The summed E-state index contributed by atoms with van der Waals surface area (Å²) in [5.41, 5.74) is -3.30. The molecule has 0 spiro atoms. The fourth-order valence-corrected chi connectivity index (χ4v) is 2.05. The minimum Gasteiger partial charge on any atom is -0.351 e. The number of allylic oxidation sites excluding steroid dienone is 1. The Morgan fingerprint density at radius 3 is 2.57 bits per heavy atom. The van der Waals surface area contributed by atoms with Crippen molar-refractivity contribution >= 4 is 11.6 Å². The Balaban J connectivity index is 2.51. The van der Waals surface area contributed by atoms with Gasteiger partial charge in [-0.1, -0.05) is 6.07 Å². The number of Topliss-reactive ketones (excluding diaryl/α,β-unsaturated/α-hetero) is 1. The van der Waals surface area contributed by atoms with Crippen molar-refractivity contribution in [2.45, 2.75) is 25.7 Å². The number of hydrogen-bond donors (Lipinski definition) is 2. The number of anilines is 1. The maximum absolute atomic E-state index is 13.5. The summed E-state index contributed by atoms with van der Waals surface area (Å²) in [6.45, 7) is 2.81. The van der Waals surface area contributed by atoms with E-state index in [0.29, 0.717) is 5.56 Å². The first-order chi connectivity index (χ1) is 9.73. The number of aromatic nitrogens is 1. The van der Waals surface area contributed by atoms with Crippen molar-refractivity contribution in [1.29, 1.82) is 5.26 Å². The number of alkyl halides is 3. The maximum atomic E-state index is 13.5. The van der Waals surface area contributed by atoms with Gasteiger partial charge in [-0.15, -0.1) is 0 Å². The lowest BCUT2D eigenvalue weighted by Crippen LogP contribution is -2.64. The van der Waals surface area contributed by atoms with Gasteiger partial charge in [0.2, 0.25) is 5.78 Å². The number of ketones is 1. The van der Waals surface area contributed by atoms with Crippen molar-refractivity contribution in [3.63, 3.8) is 0 Å². The minimum absolute atomic E-state index is 0.0809. The van der Waals surface area contributed by atoms with Crippen molar-refractivity contribution in [2.24, 2.45) is 0 Å². The molecule has 2 heterocycles. The van der Waals surface area contributed by atoms with Crippen molar-refractivity contribution in [2.75, 3.05) is 5.32 Å². The lowest BCUT2D eigenvalue weighted by Gasteiger charge is -2.33. The van der Waals surface area contributed by atoms with Gasteiger partial charge in [0, 0.05) is 11.9 Å². The molecule has 1 atom stereocenters. The van der Waals surface area contributed by atoms with Gasteiger partial charge >= 0.3 is 6.18 Å². The number of nitrogens with one attached hydrogen (secondary N) is 2. The average molecular weight is 296 g/mol. The molecule has 1 aromatic rings. The highest BCUT2D eigenvalue weighted by molar-refractivity contribution is 6.10. The summed E-state index contributed by atoms with van der Waals surface area (Å²) >= 11 is 0. The molecule has 5 nitrogen and oxygen atoms in total. The predicted molar refractivity (Wildman–Crippen MR) is 67.8 cm³/mol. The van der Waals surface area contributed by atoms with Gasteiger partial charge < -0.3 is 10.6 Å². The molecule has 110 valence electrons. The van der Waals surface area contributed by atoms with Crippen LogP contribution < -0.4 is 10.6 Å². The first-order valence-corrected chi connectivity index (χ1v) is 5.93. The van der Waals surface area contributed by atoms with Crippen molar-refractivity contribution in [3.05, 3.63) is 35.2 Å². The maximum Gasteiger partial charge on any atom is 0.438 e. The van der Waals surface area contributed by atoms with E-state index < -0.39 is 23.2 Å². The van der Waals surface area contributed by atoms with E-state index in [4.69, 9.17) is 5.26 Å². The number of carbonyl (C=O) groups excluding carboxylic acids is 1. The normalized spacial score (nSPS) is 22.0. The van der Waals surface area contributed by atoms with Crippen LogP contribution in [-0.2, 0) is 4.79 Å². The van der Waals surface area contributed by atoms with Gasteiger partial charge in [-0.2, -0.15) is 18.4 Å². The molecule has 0 fully saturated rings. The zero-order chi connectivity index (χ0) is 15.8. The second kappa shape index (κ2) is 4.77. The van der Waals surface area contributed by atoms with E-state index in [0.717, 1.165) is 0 Å². The highest BCUT2D eigenvalue weighted by Gasteiger charge is 2.65. The van der Waals surface area contributed by atoms with Crippen LogP contribution in [0.5, 0.6) is 0 Å². The predicted octanol–water partition coefficient (Wildman–Crippen LogP) is 2.03. The summed E-state index contributed by atoms with van der Waals surface area (Å²) in [6.07, 6.45) is -3.64. The fraction of sp³-hybridized carbons (Fsp3) is 0.308. The molecule has 0 aliphatic carbocycles. The molecule has 2 rings (SSSR count). The van der Waals surface area contributed by atoms with Crippen molar-refractivity contribution in [3.8, 4) is 6.07 Å². The van der Waals surface area contributed by atoms with Crippen LogP contribution >= 0.6 is 0 Å². The lowest BCUT2D eigenvalue weighted by atomic mass is 10.0. The smallest absolute Gasteiger partial charge is 0.351 e. The van der Waals surface area contributed by atoms with Crippen LogP contribution in [0.15, 0.2) is 29.6 Å². The molecule has 0 radical (unpaired) electrons. The third-order valence-electron chi connectivity index (χ3n) is 3.17. The minimum atomic E-state index is -4.95. The highest BCUT2D eigenvalue weighted by Crippen LogP contribution is 2.38. The van der Waals surface area contributed by atoms with E-state index in [1.54, 1.807) is 19.1 Å². The lowest BCUT2D eigenvalue weighted by molar-refractivity contribution is -0.185. The molecule has 0 unspecified atom stereocenters. The van der Waals surface area contributed by atoms with Crippen LogP contribution in [0.1, 0.15) is 12.5 Å². The SMILES string of the molecule is CC1=C(C#N)C(=O)[C@@](Nc2ncccc2C)(C(F)(F)F)N1. The van der Waals surface area contributed by atoms with Gasteiger partial charge in [-0.05, 0) is 25.5 Å². The van der Waals surface area contributed by atoms with E-state index in [1.165, 1.54) is 19.2 Å². The number of halogens is 3. The monoisotopic (exact) mass is 296 g/mol. The van der Waals surface area contributed by atoms with E-state index in [-0.39, 0.29) is 11.5 Å². The Labute approximate surface area is 118 Å². The number of nitrogens with zero attached hydrogens (tertiary/aromatic N) is 2. The summed E-state index contributed by atoms with van der Waals surface area (Å²) in [4.78, 5) is 15.9. The number of rotatable bonds is 2. The quantitative estimate of drug-likeness (QED) is 0.873. The Morgan fingerprint density at radius 2 is 2.10 bits per heavy atom. The van der Waals surface area contributed by atoms with E-state index in [1.807, 2.05) is 0 Å². The second-order valence-electron chi connectivity index (χ2n) is 4.61. The van der Waals surface area contributed by atoms with Crippen molar-refractivity contribution in [1.82, 2.24) is 10.3 Å². The van der Waals surface area contributed by atoms with E-state index in [2.05, 4.69) is 15.6 Å². The topological polar surface area (TPSA) is 77.8 Å². The van der Waals surface area contributed by atoms with E-state index in [9.17, 15) is 18.0 Å². The standard InChI is InChI=1S/C13H11F3N4O/c1-7-4-3-5-18-11(7)20-12(13(14,15)16)10(21)9(6-17)8(2)19-12/h3-5,19H,1-2H3,(H,18,20)/t12-/m1/s1. The summed E-state index contributed by atoms with van der Waals surface area (Å²) < 4.78 is 40.4. The van der Waals surface area contributed by atoms with Gasteiger partial charge in [0.1, 0.15) is 17.5 Å². The molecule has 1 aromatic heterocycles. The third-order valence-corrected chi connectivity index (χ3v) is 3.17. The Kier molecular flexibility index (Phi) is 3.37. The molecular formula is C13H11F3N4O. The summed E-state index contributed by atoms with van der Waals surface area (Å²) in [6, 6.07) is 4.62. The van der Waals surface area contributed by atoms with Gasteiger partial charge in [0.05, 0.1) is 0 Å². The average Bonchev–Trinajstić information content (AvgIpc) is 2.64. The van der Waals surface area contributed by atoms with Crippen molar-refractivity contribution < 1.29 is 18.0 Å². The molecule has 0 bridgehead atoms. The molecule has 8 heteroatoms. The highest BCUT2D eigenvalue weighted by atomic mass is 19.4. The zero-order valence-electron chi connectivity index (χ0n) is 11.2. The van der Waals surface area contributed by atoms with Gasteiger partial charge in [-0.3, -0.25) is 4.79 Å². The van der Waals surface area contributed by atoms with Crippen LogP contribution in [-0.4, -0.2) is 22.6 Å². The summed E-state index contributed by atoms with van der Waals surface area (Å²) in [5.74, 6) is -1.44. The summed E-state index contributed by atoms with van der Waals surface area (Å²) in [5, 5.41) is 13.0. The zero-order valence-corrected chi connectivity index (χ0v) is 11.2. The number of nitriles is 1. The number of hydrogen-bond acceptors (Lipinski definition) is 5. The number of carbonyl (C=O) groups is 1. The second-order valence-corrected chi connectivity index (χ2v) is 4.61. The van der Waals surface area contributed by atoms with Crippen LogP contribution in [0.2, 0.25) is 0 Å². The van der Waals surface area contributed by atoms with Crippen LogP contribution in [0, 0.1) is 18.3 Å². The Morgan fingerprint density at radius 1 is 1.43 bits per heavy atom. The van der Waals surface area contributed by atoms with Crippen LogP contribution in [0.4, 0.5) is 19.0 Å². The number of pyridine rings is 1. The van der Waals surface area contributed by atoms with Gasteiger partial charge in [-0.25, -0.2) is 4.98 Å².